The summed E-state index contributed by atoms with van der Waals surface area (Å²) in [6.45, 7) is 3.44. The minimum atomic E-state index is -0.0115. The van der Waals surface area contributed by atoms with Crippen LogP contribution in [-0.4, -0.2) is 42.1 Å². The van der Waals surface area contributed by atoms with Crippen molar-refractivity contribution in [3.05, 3.63) is 35.9 Å². The van der Waals surface area contributed by atoms with Gasteiger partial charge in [0.05, 0.1) is 18.7 Å². The Morgan fingerprint density at radius 3 is 2.68 bits per heavy atom. The molecule has 4 rings (SSSR count). The molecule has 0 aromatic heterocycles. The second-order valence-corrected chi connectivity index (χ2v) is 7.70. The number of carbonyl (C=O) groups excluding carboxylic acids is 1. The molecule has 25 heavy (non-hydrogen) atoms. The van der Waals surface area contributed by atoms with Crippen molar-refractivity contribution in [2.45, 2.75) is 63.3 Å². The highest BCUT2D eigenvalue weighted by molar-refractivity contribution is 5.85. The van der Waals surface area contributed by atoms with Crippen LogP contribution in [0.5, 0.6) is 0 Å². The molecule has 1 amide bonds. The maximum absolute atomic E-state index is 13.1. The molecule has 0 bridgehead atoms. The summed E-state index contributed by atoms with van der Waals surface area (Å²) in [5.74, 6) is 0.983. The van der Waals surface area contributed by atoms with Gasteiger partial charge in [-0.15, -0.1) is 12.4 Å². The molecule has 138 valence electrons. The topological polar surface area (TPSA) is 41.6 Å². The number of benzene rings is 1. The first-order valence-corrected chi connectivity index (χ1v) is 9.46. The quantitative estimate of drug-likeness (QED) is 0.875. The Kier molecular flexibility index (Phi) is 6.03. The minimum absolute atomic E-state index is 0. The molecule has 5 unspecified atom stereocenters. The Bertz CT molecular complexity index is 568. The zero-order valence-corrected chi connectivity index (χ0v) is 15.7. The van der Waals surface area contributed by atoms with Crippen molar-refractivity contribution in [1.82, 2.24) is 10.2 Å². The Balaban J connectivity index is 0.00000182. The van der Waals surface area contributed by atoms with Gasteiger partial charge in [0.25, 0.3) is 0 Å². The zero-order valence-electron chi connectivity index (χ0n) is 14.9. The smallest absolute Gasteiger partial charge is 0.239 e. The molecule has 1 saturated carbocycles. The molecule has 3 aliphatic rings. The number of nitrogens with one attached hydrogen (secondary N) is 1. The molecule has 1 aliphatic carbocycles. The monoisotopic (exact) mass is 364 g/mol. The maximum Gasteiger partial charge on any atom is 0.239 e. The molecular formula is C20H29ClN2O2. The van der Waals surface area contributed by atoms with Gasteiger partial charge in [-0.3, -0.25) is 4.79 Å². The molecule has 2 saturated heterocycles. The average molecular weight is 365 g/mol. The molecule has 1 aromatic carbocycles. The average Bonchev–Trinajstić information content (AvgIpc) is 3.05. The molecule has 3 fully saturated rings. The van der Waals surface area contributed by atoms with E-state index in [1.165, 1.54) is 25.7 Å². The summed E-state index contributed by atoms with van der Waals surface area (Å²) in [4.78, 5) is 15.1. The summed E-state index contributed by atoms with van der Waals surface area (Å²) < 4.78 is 6.10. The SMILES string of the molecule is CC1CN(C(=O)C2CC3CCCCC3N2)CC(c2ccccc2)O1.Cl. The molecule has 1 N–H and O–H groups in total. The van der Waals surface area contributed by atoms with Gasteiger partial charge in [0.15, 0.2) is 0 Å². The van der Waals surface area contributed by atoms with Crippen molar-refractivity contribution >= 4 is 18.3 Å². The molecular weight excluding hydrogens is 336 g/mol. The van der Waals surface area contributed by atoms with Gasteiger partial charge < -0.3 is 15.0 Å². The van der Waals surface area contributed by atoms with E-state index >= 15 is 0 Å². The molecule has 0 spiro atoms. The number of halogens is 1. The van der Waals surface area contributed by atoms with Gasteiger partial charge in [0.2, 0.25) is 5.91 Å². The van der Waals surface area contributed by atoms with Gasteiger partial charge in [0.1, 0.15) is 6.10 Å². The Morgan fingerprint density at radius 1 is 1.16 bits per heavy atom. The first-order valence-electron chi connectivity index (χ1n) is 9.46. The van der Waals surface area contributed by atoms with Crippen LogP contribution in [0.4, 0.5) is 0 Å². The summed E-state index contributed by atoms with van der Waals surface area (Å²) in [6.07, 6.45) is 6.24. The molecule has 4 nitrogen and oxygen atoms in total. The number of hydrogen-bond acceptors (Lipinski definition) is 3. The van der Waals surface area contributed by atoms with E-state index in [-0.39, 0.29) is 36.6 Å². The van der Waals surface area contributed by atoms with Crippen LogP contribution in [0.25, 0.3) is 0 Å². The number of ether oxygens (including phenoxy) is 1. The lowest BCUT2D eigenvalue weighted by molar-refractivity contribution is -0.146. The van der Waals surface area contributed by atoms with Crippen LogP contribution in [0.15, 0.2) is 30.3 Å². The van der Waals surface area contributed by atoms with Gasteiger partial charge in [0, 0.05) is 12.6 Å². The van der Waals surface area contributed by atoms with Gasteiger partial charge in [-0.2, -0.15) is 0 Å². The Hall–Kier alpha value is -1.10. The zero-order chi connectivity index (χ0) is 16.5. The van der Waals surface area contributed by atoms with E-state index in [2.05, 4.69) is 24.4 Å². The summed E-state index contributed by atoms with van der Waals surface area (Å²) >= 11 is 0. The predicted molar refractivity (Wildman–Crippen MR) is 101 cm³/mol. The van der Waals surface area contributed by atoms with Crippen molar-refractivity contribution in [2.24, 2.45) is 5.92 Å². The van der Waals surface area contributed by atoms with Crippen molar-refractivity contribution < 1.29 is 9.53 Å². The highest BCUT2D eigenvalue weighted by Gasteiger charge is 2.41. The van der Waals surface area contributed by atoms with Crippen molar-refractivity contribution in [3.63, 3.8) is 0 Å². The number of amides is 1. The van der Waals surface area contributed by atoms with Crippen LogP contribution >= 0.6 is 12.4 Å². The normalized spacial score (nSPS) is 34.9. The van der Waals surface area contributed by atoms with Crippen LogP contribution in [0.1, 0.15) is 50.7 Å². The van der Waals surface area contributed by atoms with E-state index in [1.54, 1.807) is 0 Å². The van der Waals surface area contributed by atoms with Crippen LogP contribution in [0, 0.1) is 5.92 Å². The summed E-state index contributed by atoms with van der Waals surface area (Å²) in [7, 11) is 0. The fourth-order valence-corrected chi connectivity index (χ4v) is 4.71. The predicted octanol–water partition coefficient (Wildman–Crippen LogP) is 3.32. The second-order valence-electron chi connectivity index (χ2n) is 7.70. The van der Waals surface area contributed by atoms with E-state index in [1.807, 2.05) is 23.1 Å². The van der Waals surface area contributed by atoms with E-state index in [0.29, 0.717) is 25.0 Å². The summed E-state index contributed by atoms with van der Waals surface area (Å²) in [5, 5.41) is 3.63. The lowest BCUT2D eigenvalue weighted by Crippen LogP contribution is -2.52. The van der Waals surface area contributed by atoms with Crippen LogP contribution in [0.3, 0.4) is 0 Å². The molecule has 2 aliphatic heterocycles. The van der Waals surface area contributed by atoms with E-state index in [4.69, 9.17) is 4.74 Å². The first kappa shape index (κ1) is 18.7. The minimum Gasteiger partial charge on any atom is -0.367 e. The van der Waals surface area contributed by atoms with Gasteiger partial charge in [-0.1, -0.05) is 43.2 Å². The summed E-state index contributed by atoms with van der Waals surface area (Å²) in [5.41, 5.74) is 1.16. The third-order valence-electron chi connectivity index (χ3n) is 5.90. The fourth-order valence-electron chi connectivity index (χ4n) is 4.71. The molecule has 0 radical (unpaired) electrons. The van der Waals surface area contributed by atoms with E-state index < -0.39 is 0 Å². The highest BCUT2D eigenvalue weighted by Crippen LogP contribution is 2.34. The second kappa shape index (κ2) is 8.07. The number of fused-ring (bicyclic) bond motifs is 1. The fraction of sp³-hybridized carbons (Fsp3) is 0.650. The lowest BCUT2D eigenvalue weighted by atomic mass is 9.85. The molecule has 1 aromatic rings. The third-order valence-corrected chi connectivity index (χ3v) is 5.90. The van der Waals surface area contributed by atoms with Crippen LogP contribution in [-0.2, 0) is 9.53 Å². The standard InChI is InChI=1S/C20H28N2O2.ClH/c1-14-12-22(13-19(24-14)15-7-3-2-4-8-15)20(23)18-11-16-9-5-6-10-17(16)21-18;/h2-4,7-8,14,16-19,21H,5-6,9-13H2,1H3;1H. The van der Waals surface area contributed by atoms with E-state index in [0.717, 1.165) is 12.0 Å². The first-order chi connectivity index (χ1) is 11.7. The number of rotatable bonds is 2. The maximum atomic E-state index is 13.1. The van der Waals surface area contributed by atoms with Crippen molar-refractivity contribution in [1.29, 1.82) is 0 Å². The number of nitrogens with zero attached hydrogens (tertiary/aromatic N) is 1. The van der Waals surface area contributed by atoms with Gasteiger partial charge >= 0.3 is 0 Å². The number of morpholine rings is 1. The highest BCUT2D eigenvalue weighted by atomic mass is 35.5. The Labute approximate surface area is 156 Å². The third kappa shape index (κ3) is 4.02. The van der Waals surface area contributed by atoms with Crippen LogP contribution in [0.2, 0.25) is 0 Å². The van der Waals surface area contributed by atoms with Gasteiger partial charge in [-0.25, -0.2) is 0 Å². The summed E-state index contributed by atoms with van der Waals surface area (Å²) in [6, 6.07) is 10.8. The molecule has 5 atom stereocenters. The van der Waals surface area contributed by atoms with Crippen molar-refractivity contribution in [2.75, 3.05) is 13.1 Å². The lowest BCUT2D eigenvalue weighted by Gasteiger charge is -2.38. The van der Waals surface area contributed by atoms with Crippen molar-refractivity contribution in [3.8, 4) is 0 Å². The molecule has 2 heterocycles. The number of carbonyl (C=O) groups is 1. The van der Waals surface area contributed by atoms with Gasteiger partial charge in [-0.05, 0) is 37.7 Å². The number of hydrogen-bond donors (Lipinski definition) is 1. The van der Waals surface area contributed by atoms with E-state index in [9.17, 15) is 4.79 Å². The van der Waals surface area contributed by atoms with Crippen LogP contribution < -0.4 is 5.32 Å². The Morgan fingerprint density at radius 2 is 1.92 bits per heavy atom. The largest absolute Gasteiger partial charge is 0.367 e. The molecule has 5 heteroatoms.